The summed E-state index contributed by atoms with van der Waals surface area (Å²) in [6.45, 7) is 1.08. The zero-order valence-electron chi connectivity index (χ0n) is 21.7. The van der Waals surface area contributed by atoms with Crippen LogP contribution < -0.4 is 20.2 Å². The van der Waals surface area contributed by atoms with Gasteiger partial charge in [-0.15, -0.1) is 24.5 Å². The van der Waals surface area contributed by atoms with Crippen LogP contribution in [-0.2, 0) is 17.9 Å². The van der Waals surface area contributed by atoms with Crippen molar-refractivity contribution >= 4 is 34.8 Å². The van der Waals surface area contributed by atoms with Crippen molar-refractivity contribution in [2.75, 3.05) is 13.1 Å². The van der Waals surface area contributed by atoms with Crippen LogP contribution in [0, 0.1) is 0 Å². The van der Waals surface area contributed by atoms with Crippen LogP contribution >= 0.6 is 22.9 Å². The Bertz CT molecular complexity index is 1520. The number of carbonyl (C=O) groups excluding carboxylic acids is 2. The van der Waals surface area contributed by atoms with Gasteiger partial charge < -0.3 is 19.9 Å². The molecule has 0 bridgehead atoms. The highest BCUT2D eigenvalue weighted by molar-refractivity contribution is 7.07. The van der Waals surface area contributed by atoms with Crippen molar-refractivity contribution in [3.8, 4) is 17.0 Å². The van der Waals surface area contributed by atoms with E-state index in [4.69, 9.17) is 16.6 Å². The fraction of sp³-hybridized carbons (Fsp3) is 0.207. The number of amides is 2. The lowest BCUT2D eigenvalue weighted by Gasteiger charge is -2.12. The summed E-state index contributed by atoms with van der Waals surface area (Å²) in [7, 11) is 0. The molecule has 0 aliphatic carbocycles. The van der Waals surface area contributed by atoms with Crippen LogP contribution in [-0.4, -0.2) is 35.8 Å². The Morgan fingerprint density at radius 2 is 1.66 bits per heavy atom. The fourth-order valence-electron chi connectivity index (χ4n) is 3.86. The average Bonchev–Trinajstić information content (AvgIpc) is 3.36. The van der Waals surface area contributed by atoms with Gasteiger partial charge in [-0.2, -0.15) is 0 Å². The van der Waals surface area contributed by atoms with E-state index in [9.17, 15) is 22.8 Å². The molecule has 0 saturated carbocycles. The van der Waals surface area contributed by atoms with Crippen LogP contribution in [0.3, 0.4) is 0 Å². The Morgan fingerprint density at radius 1 is 0.951 bits per heavy atom. The van der Waals surface area contributed by atoms with E-state index in [2.05, 4.69) is 15.4 Å². The Morgan fingerprint density at radius 3 is 2.34 bits per heavy atom. The molecule has 0 spiro atoms. The number of thiazole rings is 1. The maximum absolute atomic E-state index is 12.6. The van der Waals surface area contributed by atoms with Crippen LogP contribution in [0.5, 0.6) is 5.75 Å². The minimum Gasteiger partial charge on any atom is -0.406 e. The lowest BCUT2D eigenvalue weighted by molar-refractivity contribution is -0.274. The minimum atomic E-state index is -4.77. The molecule has 7 nitrogen and oxygen atoms in total. The number of carbonyl (C=O) groups is 2. The van der Waals surface area contributed by atoms with E-state index >= 15 is 0 Å². The molecule has 2 amide bonds. The molecule has 1 aromatic heterocycles. The lowest BCUT2D eigenvalue weighted by Crippen LogP contribution is -2.37. The number of rotatable bonds is 11. The Kier molecular flexibility index (Phi) is 10.2. The first-order chi connectivity index (χ1) is 19.7. The van der Waals surface area contributed by atoms with Crippen LogP contribution in [0.1, 0.15) is 22.3 Å². The van der Waals surface area contributed by atoms with Crippen LogP contribution in [0.4, 0.5) is 13.2 Å². The molecule has 1 heterocycles. The number of aromatic nitrogens is 1. The van der Waals surface area contributed by atoms with Gasteiger partial charge in [0.15, 0.2) is 4.80 Å². The van der Waals surface area contributed by atoms with E-state index in [0.717, 1.165) is 11.3 Å². The Hall–Kier alpha value is -4.09. The van der Waals surface area contributed by atoms with E-state index in [1.807, 2.05) is 22.1 Å². The summed E-state index contributed by atoms with van der Waals surface area (Å²) in [5.41, 5.74) is 2.89. The summed E-state index contributed by atoms with van der Waals surface area (Å²) < 4.78 is 43.7. The fourth-order valence-corrected chi connectivity index (χ4v) is 4.92. The van der Waals surface area contributed by atoms with Gasteiger partial charge in [0.05, 0.1) is 18.8 Å². The third-order valence-electron chi connectivity index (χ3n) is 5.82. The lowest BCUT2D eigenvalue weighted by atomic mass is 10.1. The van der Waals surface area contributed by atoms with Crippen molar-refractivity contribution in [1.29, 1.82) is 0 Å². The molecule has 0 aliphatic rings. The number of ether oxygens (including phenoxy) is 1. The molecular formula is C29H26ClF3N4O3S. The molecule has 0 atom stereocenters. The quantitative estimate of drug-likeness (QED) is 0.213. The van der Waals surface area contributed by atoms with Gasteiger partial charge in [0.1, 0.15) is 5.75 Å². The Labute approximate surface area is 243 Å². The first-order valence-corrected chi connectivity index (χ1v) is 13.8. The smallest absolute Gasteiger partial charge is 0.406 e. The summed E-state index contributed by atoms with van der Waals surface area (Å²) in [6, 6.07) is 21.6. The van der Waals surface area contributed by atoms with Crippen LogP contribution in [0.25, 0.3) is 11.3 Å². The summed E-state index contributed by atoms with van der Waals surface area (Å²) in [4.78, 5) is 29.9. The molecule has 0 saturated heterocycles. The van der Waals surface area contributed by atoms with Gasteiger partial charge in [-0.25, -0.2) is 0 Å². The van der Waals surface area contributed by atoms with Crippen molar-refractivity contribution in [3.63, 3.8) is 0 Å². The van der Waals surface area contributed by atoms with E-state index in [1.54, 1.807) is 54.6 Å². The zero-order chi connectivity index (χ0) is 29.2. The van der Waals surface area contributed by atoms with Gasteiger partial charge in [0.2, 0.25) is 5.91 Å². The number of hydrogen-bond donors (Lipinski definition) is 2. The number of alkyl halides is 3. The summed E-state index contributed by atoms with van der Waals surface area (Å²) in [5, 5.41) is 7.90. The van der Waals surface area contributed by atoms with Crippen molar-refractivity contribution in [3.05, 3.63) is 105 Å². The topological polar surface area (TPSA) is 84.7 Å². The number of halogens is 4. The molecule has 3 aromatic carbocycles. The third kappa shape index (κ3) is 9.22. The molecule has 12 heteroatoms. The molecule has 4 rings (SSSR count). The maximum atomic E-state index is 12.6. The molecule has 0 fully saturated rings. The molecule has 2 N–H and O–H groups in total. The highest BCUT2D eigenvalue weighted by Gasteiger charge is 2.31. The number of nitrogens with one attached hydrogen (secondary N) is 2. The third-order valence-corrected chi connectivity index (χ3v) is 6.97. The predicted octanol–water partition coefficient (Wildman–Crippen LogP) is 5.81. The molecule has 41 heavy (non-hydrogen) atoms. The normalized spacial score (nSPS) is 11.8. The molecule has 0 unspecified atom stereocenters. The van der Waals surface area contributed by atoms with E-state index in [0.29, 0.717) is 47.0 Å². The number of hydrogen-bond acceptors (Lipinski definition) is 5. The number of nitrogens with zero attached hydrogens (tertiary/aromatic N) is 2. The maximum Gasteiger partial charge on any atom is 0.573 e. The largest absolute Gasteiger partial charge is 0.573 e. The molecule has 0 aliphatic heterocycles. The van der Waals surface area contributed by atoms with Gasteiger partial charge >= 0.3 is 6.36 Å². The predicted molar refractivity (Wildman–Crippen MR) is 152 cm³/mol. The Balaban J connectivity index is 1.42. The molecular weight excluding hydrogens is 577 g/mol. The summed E-state index contributed by atoms with van der Waals surface area (Å²) in [6.07, 6.45) is -4.22. The highest BCUT2D eigenvalue weighted by atomic mass is 35.5. The standard InChI is InChI=1S/C29H26ClF3N4O3S/c30-23-11-7-20(8-12-23)17-36-28-37(25(19-41-28)21-9-13-24(14-10-21)40-29(31,32)33)16-4-15-34-26(38)18-35-27(39)22-5-2-1-3-6-22/h1-3,5-14,19H,4,15-18H2,(H,34,38)(H,35,39). The van der Waals surface area contributed by atoms with Crippen molar-refractivity contribution in [2.45, 2.75) is 25.9 Å². The highest BCUT2D eigenvalue weighted by Crippen LogP contribution is 2.27. The van der Waals surface area contributed by atoms with Crippen LogP contribution in [0.2, 0.25) is 5.02 Å². The first kappa shape index (κ1) is 29.9. The second-order valence-corrected chi connectivity index (χ2v) is 10.1. The van der Waals surface area contributed by atoms with Crippen molar-refractivity contribution in [1.82, 2.24) is 15.2 Å². The van der Waals surface area contributed by atoms with E-state index in [-0.39, 0.29) is 24.1 Å². The monoisotopic (exact) mass is 602 g/mol. The van der Waals surface area contributed by atoms with Crippen molar-refractivity contribution < 1.29 is 27.5 Å². The van der Waals surface area contributed by atoms with Gasteiger partial charge in [-0.05, 0) is 66.1 Å². The SMILES string of the molecule is O=C(CNC(=O)c1ccccc1)NCCCn1c(-c2ccc(OC(F)(F)F)cc2)csc1=NCc1ccc(Cl)cc1. The van der Waals surface area contributed by atoms with E-state index < -0.39 is 6.36 Å². The van der Waals surface area contributed by atoms with Gasteiger partial charge in [0, 0.05) is 29.1 Å². The van der Waals surface area contributed by atoms with Crippen molar-refractivity contribution in [2.24, 2.45) is 4.99 Å². The zero-order valence-corrected chi connectivity index (χ0v) is 23.2. The molecule has 214 valence electrons. The summed E-state index contributed by atoms with van der Waals surface area (Å²) >= 11 is 7.38. The second-order valence-electron chi connectivity index (χ2n) is 8.82. The first-order valence-electron chi connectivity index (χ1n) is 12.6. The summed E-state index contributed by atoms with van der Waals surface area (Å²) in [5.74, 6) is -0.965. The molecule has 0 radical (unpaired) electrons. The second kappa shape index (κ2) is 14.0. The van der Waals surface area contributed by atoms with Crippen LogP contribution in [0.15, 0.2) is 89.2 Å². The van der Waals surface area contributed by atoms with Gasteiger partial charge in [-0.1, -0.05) is 41.9 Å². The van der Waals surface area contributed by atoms with Gasteiger partial charge in [0.25, 0.3) is 5.91 Å². The minimum absolute atomic E-state index is 0.154. The van der Waals surface area contributed by atoms with E-state index in [1.165, 1.54) is 23.5 Å². The number of benzene rings is 3. The molecule has 4 aromatic rings. The van der Waals surface area contributed by atoms with Gasteiger partial charge in [-0.3, -0.25) is 14.6 Å². The average molecular weight is 603 g/mol.